The molecule has 0 saturated carbocycles. The maximum Gasteiger partial charge on any atom is 0.326 e. The van der Waals surface area contributed by atoms with E-state index in [4.69, 9.17) is 5.11 Å². The lowest BCUT2D eigenvalue weighted by Crippen LogP contribution is -2.46. The molecule has 5 nitrogen and oxygen atoms in total. The second-order valence-corrected chi connectivity index (χ2v) is 5.59. The minimum Gasteiger partial charge on any atom is -0.480 e. The highest BCUT2D eigenvalue weighted by molar-refractivity contribution is 5.82. The van der Waals surface area contributed by atoms with Gasteiger partial charge in [0.1, 0.15) is 6.04 Å². The van der Waals surface area contributed by atoms with Gasteiger partial charge in [0.15, 0.2) is 0 Å². The molecule has 0 aliphatic carbocycles. The molecule has 20 heavy (non-hydrogen) atoms. The van der Waals surface area contributed by atoms with Crippen molar-refractivity contribution in [1.29, 1.82) is 0 Å². The van der Waals surface area contributed by atoms with Gasteiger partial charge in [0.2, 0.25) is 0 Å². The number of nitrogens with zero attached hydrogens (tertiary/aromatic N) is 1. The number of rotatable bonds is 4. The molecule has 1 aliphatic heterocycles. The van der Waals surface area contributed by atoms with Crippen LogP contribution in [0.4, 0.5) is 4.79 Å². The van der Waals surface area contributed by atoms with Crippen molar-refractivity contribution in [1.82, 2.24) is 10.2 Å². The predicted octanol–water partition coefficient (Wildman–Crippen LogP) is 2.21. The highest BCUT2D eigenvalue weighted by Gasteiger charge is 2.27. The first kappa shape index (κ1) is 14.4. The van der Waals surface area contributed by atoms with Gasteiger partial charge < -0.3 is 15.3 Å². The second kappa shape index (κ2) is 5.94. The predicted molar refractivity (Wildman–Crippen MR) is 75.1 cm³/mol. The first-order chi connectivity index (χ1) is 9.47. The van der Waals surface area contributed by atoms with Crippen LogP contribution in [0, 0.1) is 5.92 Å². The van der Waals surface area contributed by atoms with Crippen molar-refractivity contribution in [2.45, 2.75) is 39.4 Å². The summed E-state index contributed by atoms with van der Waals surface area (Å²) in [5.74, 6) is -0.768. The molecule has 0 aromatic heterocycles. The number of aliphatic carboxylic acids is 1. The minimum absolute atomic E-state index is 0.215. The second-order valence-electron chi connectivity index (χ2n) is 5.59. The Morgan fingerprint density at radius 2 is 1.80 bits per heavy atom. The number of benzene rings is 1. The van der Waals surface area contributed by atoms with Crippen molar-refractivity contribution in [2.75, 3.05) is 0 Å². The summed E-state index contributed by atoms with van der Waals surface area (Å²) in [6.07, 6.45) is 0.432. The van der Waals surface area contributed by atoms with Crippen LogP contribution in [0.25, 0.3) is 0 Å². The fraction of sp³-hybridized carbons (Fsp3) is 0.467. The lowest BCUT2D eigenvalue weighted by molar-refractivity contribution is -0.139. The minimum atomic E-state index is -0.983. The highest BCUT2D eigenvalue weighted by Crippen LogP contribution is 2.22. The molecule has 0 bridgehead atoms. The molecule has 1 aliphatic rings. The highest BCUT2D eigenvalue weighted by atomic mass is 16.4. The maximum absolute atomic E-state index is 12.2. The number of carboxylic acids is 1. The topological polar surface area (TPSA) is 69.6 Å². The van der Waals surface area contributed by atoms with Crippen molar-refractivity contribution >= 4 is 12.0 Å². The average Bonchev–Trinajstić information content (AvgIpc) is 2.81. The lowest BCUT2D eigenvalue weighted by atomic mass is 10.0. The Labute approximate surface area is 118 Å². The maximum atomic E-state index is 12.2. The first-order valence-electron chi connectivity index (χ1n) is 6.82. The molecule has 0 saturated heterocycles. The molecule has 2 N–H and O–H groups in total. The van der Waals surface area contributed by atoms with Crippen LogP contribution in [0.15, 0.2) is 24.3 Å². The normalized spacial score (nSPS) is 15.1. The molecular formula is C15H20N2O3. The number of amides is 2. The summed E-state index contributed by atoms with van der Waals surface area (Å²) in [5.41, 5.74) is 2.25. The lowest BCUT2D eigenvalue weighted by Gasteiger charge is -2.21. The largest absolute Gasteiger partial charge is 0.480 e. The monoisotopic (exact) mass is 276 g/mol. The van der Waals surface area contributed by atoms with E-state index < -0.39 is 12.0 Å². The molecule has 1 atom stereocenters. The van der Waals surface area contributed by atoms with E-state index in [1.165, 1.54) is 0 Å². The third-order valence-electron chi connectivity index (χ3n) is 3.43. The third kappa shape index (κ3) is 3.29. The van der Waals surface area contributed by atoms with Gasteiger partial charge in [-0.15, -0.1) is 0 Å². The van der Waals surface area contributed by atoms with Gasteiger partial charge in [-0.1, -0.05) is 38.1 Å². The summed E-state index contributed by atoms with van der Waals surface area (Å²) >= 11 is 0. The summed E-state index contributed by atoms with van der Waals surface area (Å²) in [4.78, 5) is 25.0. The Balaban J connectivity index is 1.97. The zero-order valence-corrected chi connectivity index (χ0v) is 11.8. The zero-order chi connectivity index (χ0) is 14.7. The van der Waals surface area contributed by atoms with Gasteiger partial charge in [-0.25, -0.2) is 9.59 Å². The van der Waals surface area contributed by atoms with Crippen molar-refractivity contribution in [3.05, 3.63) is 35.4 Å². The van der Waals surface area contributed by atoms with Gasteiger partial charge in [0.05, 0.1) is 0 Å². The third-order valence-corrected chi connectivity index (χ3v) is 3.43. The fourth-order valence-electron chi connectivity index (χ4n) is 2.41. The summed E-state index contributed by atoms with van der Waals surface area (Å²) in [5, 5.41) is 11.8. The first-order valence-corrected chi connectivity index (χ1v) is 6.82. The van der Waals surface area contributed by atoms with E-state index in [1.54, 1.807) is 4.90 Å². The molecular weight excluding hydrogens is 256 g/mol. The Bertz CT molecular complexity index is 489. The van der Waals surface area contributed by atoms with E-state index in [2.05, 4.69) is 5.32 Å². The molecule has 2 rings (SSSR count). The average molecular weight is 276 g/mol. The van der Waals surface area contributed by atoms with Gasteiger partial charge in [0, 0.05) is 13.1 Å². The molecule has 0 unspecified atom stereocenters. The fourth-order valence-corrected chi connectivity index (χ4v) is 2.41. The molecule has 1 heterocycles. The Morgan fingerprint density at radius 1 is 1.25 bits per heavy atom. The molecule has 1 aromatic carbocycles. The number of carbonyl (C=O) groups excluding carboxylic acids is 1. The molecule has 0 fully saturated rings. The van der Waals surface area contributed by atoms with E-state index >= 15 is 0 Å². The summed E-state index contributed by atoms with van der Waals surface area (Å²) in [6.45, 7) is 4.95. The van der Waals surface area contributed by atoms with Crippen LogP contribution in [0.2, 0.25) is 0 Å². The molecule has 108 valence electrons. The number of urea groups is 1. The van der Waals surface area contributed by atoms with Gasteiger partial charge in [-0.3, -0.25) is 0 Å². The van der Waals surface area contributed by atoms with Gasteiger partial charge in [0.25, 0.3) is 0 Å². The van der Waals surface area contributed by atoms with E-state index in [-0.39, 0.29) is 11.9 Å². The number of fused-ring (bicyclic) bond motifs is 1. The van der Waals surface area contributed by atoms with Gasteiger partial charge in [-0.2, -0.15) is 0 Å². The molecule has 1 aromatic rings. The summed E-state index contributed by atoms with van der Waals surface area (Å²) in [6, 6.07) is 6.73. The van der Waals surface area contributed by atoms with Crippen molar-refractivity contribution in [3.63, 3.8) is 0 Å². The van der Waals surface area contributed by atoms with Crippen LogP contribution in [0.5, 0.6) is 0 Å². The Kier molecular flexibility index (Phi) is 4.27. The molecule has 5 heteroatoms. The van der Waals surface area contributed by atoms with Gasteiger partial charge >= 0.3 is 12.0 Å². The Hall–Kier alpha value is -2.04. The van der Waals surface area contributed by atoms with Crippen molar-refractivity contribution in [2.24, 2.45) is 5.92 Å². The molecule has 0 radical (unpaired) electrons. The van der Waals surface area contributed by atoms with Crippen molar-refractivity contribution in [3.8, 4) is 0 Å². The summed E-state index contributed by atoms with van der Waals surface area (Å²) < 4.78 is 0. The standard InChI is InChI=1S/C15H20N2O3/c1-10(2)7-13(14(18)19)16-15(20)17-8-11-5-3-4-6-12(11)9-17/h3-6,10,13H,7-9H2,1-2H3,(H,16,20)(H,18,19)/t13-/m0/s1. The van der Waals surface area contributed by atoms with E-state index in [1.807, 2.05) is 38.1 Å². The number of hydrogen-bond acceptors (Lipinski definition) is 2. The zero-order valence-electron chi connectivity index (χ0n) is 11.8. The van der Waals surface area contributed by atoms with Crippen LogP contribution >= 0.6 is 0 Å². The van der Waals surface area contributed by atoms with Crippen LogP contribution in [0.1, 0.15) is 31.4 Å². The van der Waals surface area contributed by atoms with Gasteiger partial charge in [-0.05, 0) is 23.5 Å². The SMILES string of the molecule is CC(C)C[C@H](NC(=O)N1Cc2ccccc2C1)C(=O)O. The number of carboxylic acid groups (broad SMARTS) is 1. The molecule has 2 amide bonds. The number of carbonyl (C=O) groups is 2. The van der Waals surface area contributed by atoms with Crippen molar-refractivity contribution < 1.29 is 14.7 Å². The van der Waals surface area contributed by atoms with Crippen LogP contribution in [0.3, 0.4) is 0 Å². The van der Waals surface area contributed by atoms with Crippen LogP contribution in [-0.2, 0) is 17.9 Å². The Morgan fingerprint density at radius 3 is 2.25 bits per heavy atom. The smallest absolute Gasteiger partial charge is 0.326 e. The van der Waals surface area contributed by atoms with E-state index in [9.17, 15) is 9.59 Å². The summed E-state index contributed by atoms with van der Waals surface area (Å²) in [7, 11) is 0. The molecule has 0 spiro atoms. The number of nitrogens with one attached hydrogen (secondary N) is 1. The van der Waals surface area contributed by atoms with Crippen LogP contribution < -0.4 is 5.32 Å². The quantitative estimate of drug-likeness (QED) is 0.885. The van der Waals surface area contributed by atoms with E-state index in [0.29, 0.717) is 19.5 Å². The van der Waals surface area contributed by atoms with E-state index in [0.717, 1.165) is 11.1 Å². The van der Waals surface area contributed by atoms with Crippen LogP contribution in [-0.4, -0.2) is 28.0 Å². The number of hydrogen-bond donors (Lipinski definition) is 2.